The van der Waals surface area contributed by atoms with E-state index < -0.39 is 0 Å². The van der Waals surface area contributed by atoms with Crippen molar-refractivity contribution in [1.29, 1.82) is 0 Å². The molecule has 0 aromatic heterocycles. The van der Waals surface area contributed by atoms with Gasteiger partial charge in [0.15, 0.2) is 0 Å². The van der Waals surface area contributed by atoms with Crippen molar-refractivity contribution in [1.82, 2.24) is 0 Å². The molecule has 0 amide bonds. The first-order valence-electron chi connectivity index (χ1n) is 8.12. The van der Waals surface area contributed by atoms with Gasteiger partial charge in [-0.1, -0.05) is 79.4 Å². The van der Waals surface area contributed by atoms with Crippen LogP contribution in [0, 0.1) is 19.9 Å². The summed E-state index contributed by atoms with van der Waals surface area (Å²) in [6, 6.07) is 17.8. The van der Waals surface area contributed by atoms with Gasteiger partial charge in [0, 0.05) is 5.92 Å². The second kappa shape index (κ2) is 12.8. The van der Waals surface area contributed by atoms with Gasteiger partial charge < -0.3 is 37.2 Å². The molecule has 1 aliphatic rings. The Morgan fingerprint density at radius 2 is 1.38 bits per heavy atom. The maximum Gasteiger partial charge on any atom is 4.00 e. The summed E-state index contributed by atoms with van der Waals surface area (Å²) in [6.45, 7) is 6.54. The van der Waals surface area contributed by atoms with Crippen LogP contribution in [0.3, 0.4) is 0 Å². The average molecular weight is 442 g/mol. The molecule has 26 heavy (non-hydrogen) atoms. The van der Waals surface area contributed by atoms with Gasteiger partial charge in [0.2, 0.25) is 0 Å². The molecule has 0 heterocycles. The Morgan fingerprint density at radius 3 is 1.77 bits per heavy atom. The molecule has 2 aromatic carbocycles. The van der Waals surface area contributed by atoms with Gasteiger partial charge in [0.1, 0.15) is 0 Å². The molecule has 0 atom stereocenters. The van der Waals surface area contributed by atoms with E-state index >= 15 is 0 Å². The van der Waals surface area contributed by atoms with E-state index in [-0.39, 0.29) is 58.9 Å². The van der Waals surface area contributed by atoms with Crippen molar-refractivity contribution in [2.75, 3.05) is 0 Å². The Hall–Kier alpha value is -0.496. The van der Waals surface area contributed by atoms with Crippen LogP contribution in [0.2, 0.25) is 0 Å². The number of aryl methyl sites for hydroxylation is 2. The monoisotopic (exact) mass is 440 g/mol. The summed E-state index contributed by atoms with van der Waals surface area (Å²) in [4.78, 5) is 0. The second-order valence-corrected chi connectivity index (χ2v) is 6.20. The molecule has 0 unspecified atom stereocenters. The van der Waals surface area contributed by atoms with E-state index in [0.29, 0.717) is 5.92 Å². The smallest absolute Gasteiger partial charge is 1.00 e. The molecule has 0 radical (unpaired) electrons. The maximum absolute atomic E-state index is 3.65. The Bertz CT molecular complexity index is 705. The molecule has 0 saturated carbocycles. The maximum atomic E-state index is 3.65. The fourth-order valence-corrected chi connectivity index (χ4v) is 3.26. The van der Waals surface area contributed by atoms with Crippen LogP contribution >= 0.6 is 0 Å². The van der Waals surface area contributed by atoms with E-state index in [1.54, 1.807) is 0 Å². The van der Waals surface area contributed by atoms with E-state index in [2.05, 4.69) is 81.5 Å². The summed E-state index contributed by atoms with van der Waals surface area (Å²) in [6.07, 6.45) is 8.07. The molecule has 0 bridgehead atoms. The van der Waals surface area contributed by atoms with Crippen molar-refractivity contribution in [3.8, 4) is 0 Å². The summed E-state index contributed by atoms with van der Waals surface area (Å²) in [5.41, 5.74) is 8.13. The van der Waals surface area contributed by atoms with Crippen molar-refractivity contribution in [3.05, 3.63) is 94.1 Å². The SMILES string of the molecule is CCC1=CCC(C(c2cccc(C)c2)c2cccc(C)c2)=[C-]1.[Cl-].[Cl-].[Cl-].[Ti+4]. The summed E-state index contributed by atoms with van der Waals surface area (Å²) in [5, 5.41) is 0. The average Bonchev–Trinajstić information content (AvgIpc) is 2.96. The fraction of sp³-hybridized carbons (Fsp3) is 0.273. The number of hydrogen-bond acceptors (Lipinski definition) is 0. The van der Waals surface area contributed by atoms with Gasteiger partial charge in [-0.2, -0.15) is 5.57 Å². The molecular formula is C22H23Cl3Ti. The molecule has 4 heteroatoms. The Balaban J connectivity index is 0. The molecule has 3 rings (SSSR count). The van der Waals surface area contributed by atoms with E-state index in [1.807, 2.05) is 0 Å². The molecule has 0 nitrogen and oxygen atoms in total. The van der Waals surface area contributed by atoms with Gasteiger partial charge in [0.25, 0.3) is 0 Å². The first-order chi connectivity index (χ1) is 10.7. The van der Waals surface area contributed by atoms with E-state index in [4.69, 9.17) is 0 Å². The summed E-state index contributed by atoms with van der Waals surface area (Å²) in [5.74, 6) is 0.320. The van der Waals surface area contributed by atoms with Crippen molar-refractivity contribution < 1.29 is 58.9 Å². The fourth-order valence-electron chi connectivity index (χ4n) is 3.26. The van der Waals surface area contributed by atoms with Crippen LogP contribution in [0.4, 0.5) is 0 Å². The quantitative estimate of drug-likeness (QED) is 0.349. The van der Waals surface area contributed by atoms with E-state index in [9.17, 15) is 0 Å². The van der Waals surface area contributed by atoms with Crippen LogP contribution in [0.25, 0.3) is 0 Å². The van der Waals surface area contributed by atoms with Crippen LogP contribution < -0.4 is 37.2 Å². The van der Waals surface area contributed by atoms with Crippen LogP contribution in [0.5, 0.6) is 0 Å². The molecule has 0 spiro atoms. The third kappa shape index (κ3) is 6.59. The summed E-state index contributed by atoms with van der Waals surface area (Å²) >= 11 is 0. The number of halogens is 3. The Kier molecular flexibility index (Phi) is 13.7. The third-order valence-electron chi connectivity index (χ3n) is 4.37. The number of rotatable bonds is 4. The second-order valence-electron chi connectivity index (χ2n) is 6.20. The number of benzene rings is 2. The van der Waals surface area contributed by atoms with Crippen molar-refractivity contribution in [2.45, 2.75) is 39.5 Å². The molecule has 1 aliphatic carbocycles. The van der Waals surface area contributed by atoms with E-state index in [1.165, 1.54) is 33.4 Å². The van der Waals surface area contributed by atoms with Gasteiger partial charge in [-0.25, -0.2) is 17.7 Å². The largest absolute Gasteiger partial charge is 4.00 e. The van der Waals surface area contributed by atoms with Crippen molar-refractivity contribution >= 4 is 0 Å². The number of allylic oxidation sites excluding steroid dienone is 4. The minimum Gasteiger partial charge on any atom is -1.00 e. The third-order valence-corrected chi connectivity index (χ3v) is 4.37. The van der Waals surface area contributed by atoms with Gasteiger partial charge >= 0.3 is 21.7 Å². The van der Waals surface area contributed by atoms with Gasteiger partial charge in [0.05, 0.1) is 0 Å². The normalized spacial score (nSPS) is 12.0. The molecule has 0 N–H and O–H groups in total. The standard InChI is InChI=1S/C22H23.3ClH.Ti/c1-4-18-11-12-21(15-18)22(19-9-5-7-16(2)13-19)20-10-6-8-17(3)14-20;;;;/h5-11,13-14,22H,4,12H2,1-3H3;3*1H;/q-1;;;;+4/p-3. The predicted octanol–water partition coefficient (Wildman–Crippen LogP) is -3.09. The summed E-state index contributed by atoms with van der Waals surface area (Å²) < 4.78 is 0. The minimum atomic E-state index is 0. The summed E-state index contributed by atoms with van der Waals surface area (Å²) in [7, 11) is 0. The van der Waals surface area contributed by atoms with Gasteiger partial charge in [-0.15, -0.1) is 0 Å². The van der Waals surface area contributed by atoms with Crippen molar-refractivity contribution in [3.63, 3.8) is 0 Å². The van der Waals surface area contributed by atoms with Crippen LogP contribution in [0.1, 0.15) is 47.9 Å². The van der Waals surface area contributed by atoms with Crippen molar-refractivity contribution in [2.24, 2.45) is 0 Å². The van der Waals surface area contributed by atoms with Gasteiger partial charge in [-0.3, -0.25) is 0 Å². The molecule has 2 aromatic rings. The van der Waals surface area contributed by atoms with Crippen LogP contribution in [0.15, 0.2) is 65.8 Å². The molecule has 0 fully saturated rings. The zero-order valence-electron chi connectivity index (χ0n) is 15.3. The molecule has 0 aliphatic heterocycles. The minimum absolute atomic E-state index is 0. The molecule has 0 saturated heterocycles. The van der Waals surface area contributed by atoms with Gasteiger partial charge in [-0.05, 0) is 25.0 Å². The van der Waals surface area contributed by atoms with Crippen LogP contribution in [-0.4, -0.2) is 0 Å². The van der Waals surface area contributed by atoms with Crippen LogP contribution in [-0.2, 0) is 21.7 Å². The first kappa shape index (κ1) is 27.7. The topological polar surface area (TPSA) is 0 Å². The zero-order valence-corrected chi connectivity index (χ0v) is 19.2. The Morgan fingerprint density at radius 1 is 0.885 bits per heavy atom. The molecule has 136 valence electrons. The predicted molar refractivity (Wildman–Crippen MR) is 93.9 cm³/mol. The Labute approximate surface area is 191 Å². The molecular weight excluding hydrogens is 418 g/mol. The number of hydrogen-bond donors (Lipinski definition) is 0. The zero-order chi connectivity index (χ0) is 15.5. The first-order valence-corrected chi connectivity index (χ1v) is 8.12. The van der Waals surface area contributed by atoms with E-state index in [0.717, 1.165) is 12.8 Å².